The maximum atomic E-state index is 14.0. The second-order valence-corrected chi connectivity index (χ2v) is 9.93. The van der Waals surface area contributed by atoms with Gasteiger partial charge in [-0.25, -0.2) is 12.8 Å². The van der Waals surface area contributed by atoms with Crippen LogP contribution in [-0.4, -0.2) is 56.2 Å². The smallest absolute Gasteiger partial charge is 0.243 e. The van der Waals surface area contributed by atoms with Crippen LogP contribution < -0.4 is 9.64 Å². The molecule has 34 heavy (non-hydrogen) atoms. The number of methoxy groups -OCH3 is 1. The molecule has 1 fully saturated rings. The normalized spacial score (nSPS) is 14.9. The van der Waals surface area contributed by atoms with Gasteiger partial charge in [-0.1, -0.05) is 42.5 Å². The Morgan fingerprint density at radius 1 is 0.882 bits per heavy atom. The lowest BCUT2D eigenvalue weighted by atomic mass is 10.0. The summed E-state index contributed by atoms with van der Waals surface area (Å²) in [5, 5.41) is 11.1. The van der Waals surface area contributed by atoms with E-state index in [4.69, 9.17) is 4.74 Å². The van der Waals surface area contributed by atoms with E-state index in [1.807, 2.05) is 41.3 Å². The lowest BCUT2D eigenvalue weighted by molar-refractivity contribution is 0.379. The fraction of sp³-hybridized carbons (Fsp3) is 0.200. The standard InChI is InChI=1S/C25H23FN4O3S/c1-33-24-11-9-19(17-22(24)26)34(31,32)30-15-13-29(14-16-30)25-12-10-23(27-28-25)21-8-4-6-18-5-2-3-7-20(18)21/h2-12,17H,13-16H2,1H3. The highest BCUT2D eigenvalue weighted by molar-refractivity contribution is 7.89. The van der Waals surface area contributed by atoms with Gasteiger partial charge in [0.1, 0.15) is 0 Å². The molecule has 0 atom stereocenters. The van der Waals surface area contributed by atoms with Crippen LogP contribution in [0.25, 0.3) is 22.0 Å². The Morgan fingerprint density at radius 3 is 2.35 bits per heavy atom. The number of halogens is 1. The van der Waals surface area contributed by atoms with E-state index in [0.717, 1.165) is 28.1 Å². The lowest BCUT2D eigenvalue weighted by Gasteiger charge is -2.34. The number of anilines is 1. The van der Waals surface area contributed by atoms with Crippen molar-refractivity contribution in [3.63, 3.8) is 0 Å². The number of hydrogen-bond acceptors (Lipinski definition) is 6. The van der Waals surface area contributed by atoms with E-state index < -0.39 is 15.8 Å². The predicted molar refractivity (Wildman–Crippen MR) is 129 cm³/mol. The second kappa shape index (κ2) is 9.00. The zero-order valence-electron chi connectivity index (χ0n) is 18.6. The van der Waals surface area contributed by atoms with Crippen molar-refractivity contribution in [3.8, 4) is 17.0 Å². The molecule has 0 bridgehead atoms. The average Bonchev–Trinajstić information content (AvgIpc) is 2.88. The van der Waals surface area contributed by atoms with E-state index in [0.29, 0.717) is 18.9 Å². The number of nitrogens with zero attached hydrogens (tertiary/aromatic N) is 4. The van der Waals surface area contributed by atoms with Gasteiger partial charge in [-0.3, -0.25) is 0 Å². The fourth-order valence-corrected chi connectivity index (χ4v) is 5.64. The number of fused-ring (bicyclic) bond motifs is 1. The number of benzene rings is 3. The van der Waals surface area contributed by atoms with Gasteiger partial charge in [0, 0.05) is 31.7 Å². The Labute approximate surface area is 197 Å². The van der Waals surface area contributed by atoms with Crippen LogP contribution in [0.4, 0.5) is 10.2 Å². The monoisotopic (exact) mass is 478 g/mol. The quantitative estimate of drug-likeness (QED) is 0.432. The lowest BCUT2D eigenvalue weighted by Crippen LogP contribution is -2.49. The number of piperazine rings is 1. The fourth-order valence-electron chi connectivity index (χ4n) is 4.20. The summed E-state index contributed by atoms with van der Waals surface area (Å²) in [5.41, 5.74) is 1.79. The van der Waals surface area contributed by atoms with Gasteiger partial charge in [-0.05, 0) is 41.1 Å². The van der Waals surface area contributed by atoms with Gasteiger partial charge in [0.25, 0.3) is 0 Å². The summed E-state index contributed by atoms with van der Waals surface area (Å²) >= 11 is 0. The first-order valence-electron chi connectivity index (χ1n) is 10.9. The van der Waals surface area contributed by atoms with Crippen LogP contribution in [0.1, 0.15) is 0 Å². The molecule has 9 heteroatoms. The molecule has 2 heterocycles. The summed E-state index contributed by atoms with van der Waals surface area (Å²) < 4.78 is 46.2. The summed E-state index contributed by atoms with van der Waals surface area (Å²) in [4.78, 5) is 1.92. The molecule has 5 rings (SSSR count). The minimum absolute atomic E-state index is 0.00860. The maximum absolute atomic E-state index is 14.0. The van der Waals surface area contributed by atoms with E-state index in [-0.39, 0.29) is 23.7 Å². The average molecular weight is 479 g/mol. The Kier molecular flexibility index (Phi) is 5.89. The third kappa shape index (κ3) is 4.08. The molecule has 1 saturated heterocycles. The molecule has 1 aliphatic rings. The Balaban J connectivity index is 1.30. The molecular weight excluding hydrogens is 455 g/mol. The van der Waals surface area contributed by atoms with Crippen LogP contribution >= 0.6 is 0 Å². The topological polar surface area (TPSA) is 75.6 Å². The molecule has 0 unspecified atom stereocenters. The first-order valence-corrected chi connectivity index (χ1v) is 12.3. The third-order valence-electron chi connectivity index (χ3n) is 6.04. The van der Waals surface area contributed by atoms with Gasteiger partial charge in [-0.2, -0.15) is 4.31 Å². The van der Waals surface area contributed by atoms with Crippen LogP contribution in [-0.2, 0) is 10.0 Å². The van der Waals surface area contributed by atoms with Crippen molar-refractivity contribution in [2.24, 2.45) is 0 Å². The van der Waals surface area contributed by atoms with E-state index in [1.165, 1.54) is 23.5 Å². The van der Waals surface area contributed by atoms with Crippen molar-refractivity contribution in [2.45, 2.75) is 4.90 Å². The number of hydrogen-bond donors (Lipinski definition) is 0. The molecule has 0 spiro atoms. The SMILES string of the molecule is COc1ccc(S(=O)(=O)N2CCN(c3ccc(-c4cccc5ccccc45)nn3)CC2)cc1F. The van der Waals surface area contributed by atoms with Gasteiger partial charge in [0.05, 0.1) is 17.7 Å². The summed E-state index contributed by atoms with van der Waals surface area (Å²) in [6.07, 6.45) is 0. The van der Waals surface area contributed by atoms with Crippen molar-refractivity contribution in [1.82, 2.24) is 14.5 Å². The summed E-state index contributed by atoms with van der Waals surface area (Å²) in [6, 6.07) is 21.8. The number of ether oxygens (including phenoxy) is 1. The van der Waals surface area contributed by atoms with Crippen LogP contribution in [0.5, 0.6) is 5.75 Å². The Hall–Kier alpha value is -3.56. The van der Waals surface area contributed by atoms with Crippen LogP contribution in [0.15, 0.2) is 77.7 Å². The van der Waals surface area contributed by atoms with Gasteiger partial charge in [0.15, 0.2) is 17.4 Å². The van der Waals surface area contributed by atoms with Crippen LogP contribution in [0.3, 0.4) is 0 Å². The molecule has 174 valence electrons. The molecule has 4 aromatic rings. The summed E-state index contributed by atoms with van der Waals surface area (Å²) in [5.74, 6) is -0.00501. The molecule has 1 aromatic heterocycles. The van der Waals surface area contributed by atoms with Crippen molar-refractivity contribution in [2.75, 3.05) is 38.2 Å². The van der Waals surface area contributed by atoms with Gasteiger partial charge < -0.3 is 9.64 Å². The number of rotatable bonds is 5. The minimum atomic E-state index is -3.80. The second-order valence-electron chi connectivity index (χ2n) is 7.99. The van der Waals surface area contributed by atoms with E-state index in [9.17, 15) is 12.8 Å². The molecular formula is C25H23FN4O3S. The zero-order chi connectivity index (χ0) is 23.7. The van der Waals surface area contributed by atoms with Crippen molar-refractivity contribution in [3.05, 3.63) is 78.6 Å². The Morgan fingerprint density at radius 2 is 1.65 bits per heavy atom. The molecule has 0 saturated carbocycles. The van der Waals surface area contributed by atoms with Gasteiger partial charge in [-0.15, -0.1) is 10.2 Å². The highest BCUT2D eigenvalue weighted by Gasteiger charge is 2.29. The zero-order valence-corrected chi connectivity index (χ0v) is 19.4. The maximum Gasteiger partial charge on any atom is 0.243 e. The van der Waals surface area contributed by atoms with Gasteiger partial charge >= 0.3 is 0 Å². The number of aromatic nitrogens is 2. The van der Waals surface area contributed by atoms with Crippen molar-refractivity contribution >= 4 is 26.6 Å². The van der Waals surface area contributed by atoms with Crippen LogP contribution in [0, 0.1) is 5.82 Å². The summed E-state index contributed by atoms with van der Waals surface area (Å²) in [6.45, 7) is 1.45. The molecule has 0 radical (unpaired) electrons. The highest BCUT2D eigenvalue weighted by Crippen LogP contribution is 2.28. The predicted octanol–water partition coefficient (Wildman–Crippen LogP) is 3.96. The first kappa shape index (κ1) is 22.2. The summed E-state index contributed by atoms with van der Waals surface area (Å²) in [7, 11) is -2.47. The molecule has 3 aromatic carbocycles. The van der Waals surface area contributed by atoms with E-state index in [2.05, 4.69) is 28.4 Å². The Bertz CT molecular complexity index is 1430. The highest BCUT2D eigenvalue weighted by atomic mass is 32.2. The molecule has 0 N–H and O–H groups in total. The molecule has 0 aliphatic carbocycles. The van der Waals surface area contributed by atoms with Crippen LogP contribution in [0.2, 0.25) is 0 Å². The van der Waals surface area contributed by atoms with E-state index in [1.54, 1.807) is 0 Å². The first-order chi connectivity index (χ1) is 16.5. The largest absolute Gasteiger partial charge is 0.494 e. The molecule has 0 amide bonds. The minimum Gasteiger partial charge on any atom is -0.494 e. The molecule has 7 nitrogen and oxygen atoms in total. The van der Waals surface area contributed by atoms with Crippen molar-refractivity contribution in [1.29, 1.82) is 0 Å². The van der Waals surface area contributed by atoms with Gasteiger partial charge in [0.2, 0.25) is 10.0 Å². The van der Waals surface area contributed by atoms with Crippen molar-refractivity contribution < 1.29 is 17.5 Å². The third-order valence-corrected chi connectivity index (χ3v) is 7.93. The van der Waals surface area contributed by atoms with E-state index >= 15 is 0 Å². The number of sulfonamides is 1. The molecule has 1 aliphatic heterocycles.